The van der Waals surface area contributed by atoms with E-state index in [0.29, 0.717) is 5.57 Å². The Morgan fingerprint density at radius 2 is 1.83 bits per heavy atom. The van der Waals surface area contributed by atoms with Crippen LogP contribution in [0.2, 0.25) is 0 Å². The van der Waals surface area contributed by atoms with Crippen molar-refractivity contribution in [1.29, 1.82) is 0 Å². The summed E-state index contributed by atoms with van der Waals surface area (Å²) in [5.41, 5.74) is 1.58. The number of rotatable bonds is 4. The van der Waals surface area contributed by atoms with Gasteiger partial charge >= 0.3 is 12.4 Å². The molecule has 0 radical (unpaired) electrons. The predicted octanol–water partition coefficient (Wildman–Crippen LogP) is 1.82. The number of carbonyl (C=O) groups excluding carboxylic acids is 2. The topological polar surface area (TPSA) is 43.4 Å². The van der Waals surface area contributed by atoms with Gasteiger partial charge in [0.25, 0.3) is 0 Å². The van der Waals surface area contributed by atoms with E-state index in [1.165, 1.54) is 0 Å². The zero-order chi connectivity index (χ0) is 9.56. The minimum Gasteiger partial charge on any atom is -0.392 e. The Bertz CT molecular complexity index is 198. The third-order valence-corrected chi connectivity index (χ3v) is 1.85. The molecule has 0 aromatic heterocycles. The predicted molar refractivity (Wildman–Crippen MR) is 45.4 cm³/mol. The van der Waals surface area contributed by atoms with E-state index in [0.717, 1.165) is 18.4 Å². The first-order valence-electron chi connectivity index (χ1n) is 4.00. The molecule has 0 aliphatic carbocycles. The molecule has 0 fully saturated rings. The molecule has 3 heteroatoms. The highest BCUT2D eigenvalue weighted by Gasteiger charge is 2.08. The highest BCUT2D eigenvalue weighted by molar-refractivity contribution is 5.92. The lowest BCUT2D eigenvalue weighted by Gasteiger charge is -2.04. The molecule has 68 valence electrons. The van der Waals surface area contributed by atoms with Crippen LogP contribution in [0.3, 0.4) is 0 Å². The third kappa shape index (κ3) is 2.86. The van der Waals surface area contributed by atoms with Crippen LogP contribution >= 0.6 is 0 Å². The van der Waals surface area contributed by atoms with Gasteiger partial charge in [-0.05, 0) is 19.8 Å². The molecule has 0 aliphatic rings. The van der Waals surface area contributed by atoms with Gasteiger partial charge in [0.05, 0.1) is 0 Å². The zero-order valence-corrected chi connectivity index (χ0v) is 7.72. The Kier molecular flexibility index (Phi) is 5.00. The van der Waals surface area contributed by atoms with Crippen molar-refractivity contribution in [3.05, 3.63) is 11.1 Å². The molecule has 0 spiro atoms. The van der Waals surface area contributed by atoms with Crippen molar-refractivity contribution in [2.45, 2.75) is 33.6 Å². The Morgan fingerprint density at radius 3 is 2.17 bits per heavy atom. The van der Waals surface area contributed by atoms with E-state index in [-0.39, 0.29) is 6.47 Å². The number of carbonyl (C=O) groups is 2. The van der Waals surface area contributed by atoms with Crippen LogP contribution in [0.4, 0.5) is 0 Å². The minimum atomic E-state index is -0.538. The summed E-state index contributed by atoms with van der Waals surface area (Å²) in [6, 6.07) is 0. The van der Waals surface area contributed by atoms with Gasteiger partial charge in [0.1, 0.15) is 0 Å². The molecule has 0 saturated heterocycles. The van der Waals surface area contributed by atoms with Crippen molar-refractivity contribution in [2.75, 3.05) is 0 Å². The second-order valence-electron chi connectivity index (χ2n) is 2.44. The van der Waals surface area contributed by atoms with Gasteiger partial charge in [-0.3, -0.25) is 4.79 Å². The maximum Gasteiger partial charge on any atom is 0.341 e. The molecule has 0 atom stereocenters. The molecule has 0 heterocycles. The van der Waals surface area contributed by atoms with Crippen LogP contribution in [0.25, 0.3) is 0 Å². The second kappa shape index (κ2) is 5.52. The molecule has 12 heavy (non-hydrogen) atoms. The van der Waals surface area contributed by atoms with E-state index in [9.17, 15) is 9.59 Å². The quantitative estimate of drug-likeness (QED) is 0.280. The lowest BCUT2D eigenvalue weighted by Crippen LogP contribution is -2.06. The fourth-order valence-electron chi connectivity index (χ4n) is 1.06. The first-order valence-corrected chi connectivity index (χ1v) is 4.00. The first-order chi connectivity index (χ1) is 5.67. The molecule has 0 amide bonds. The van der Waals surface area contributed by atoms with E-state index < -0.39 is 5.97 Å². The highest BCUT2D eigenvalue weighted by Crippen LogP contribution is 2.12. The zero-order valence-electron chi connectivity index (χ0n) is 7.72. The molecular formula is C9H14O3. The van der Waals surface area contributed by atoms with Crippen molar-refractivity contribution in [3.63, 3.8) is 0 Å². The van der Waals surface area contributed by atoms with Crippen LogP contribution in [-0.4, -0.2) is 12.4 Å². The van der Waals surface area contributed by atoms with Gasteiger partial charge < -0.3 is 4.74 Å². The van der Waals surface area contributed by atoms with Crippen LogP contribution in [0.5, 0.6) is 0 Å². The molecule has 0 N–H and O–H groups in total. The van der Waals surface area contributed by atoms with Crippen LogP contribution in [0, 0.1) is 0 Å². The Balaban J connectivity index is 4.49. The molecule has 0 rings (SSSR count). The van der Waals surface area contributed by atoms with Crippen LogP contribution < -0.4 is 0 Å². The van der Waals surface area contributed by atoms with Crippen molar-refractivity contribution in [2.24, 2.45) is 0 Å². The number of esters is 1. The SMILES string of the molecule is CCC(CC)=C(C)C(=O)OC=O. The van der Waals surface area contributed by atoms with Crippen LogP contribution in [-0.2, 0) is 14.3 Å². The van der Waals surface area contributed by atoms with Gasteiger partial charge in [0.2, 0.25) is 0 Å². The summed E-state index contributed by atoms with van der Waals surface area (Å²) in [6.45, 7) is 5.77. The van der Waals surface area contributed by atoms with Crippen LogP contribution in [0.1, 0.15) is 33.6 Å². The number of ether oxygens (including phenoxy) is 1. The monoisotopic (exact) mass is 170 g/mol. The van der Waals surface area contributed by atoms with Gasteiger partial charge in [-0.25, -0.2) is 4.79 Å². The Hall–Kier alpha value is -1.12. The Morgan fingerprint density at radius 1 is 1.33 bits per heavy atom. The summed E-state index contributed by atoms with van der Waals surface area (Å²) in [7, 11) is 0. The van der Waals surface area contributed by atoms with Crippen LogP contribution in [0.15, 0.2) is 11.1 Å². The van der Waals surface area contributed by atoms with Crippen molar-refractivity contribution >= 4 is 12.4 Å². The Labute approximate surface area is 72.4 Å². The largest absolute Gasteiger partial charge is 0.392 e. The number of hydrogen-bond acceptors (Lipinski definition) is 3. The molecule has 0 aliphatic heterocycles. The van der Waals surface area contributed by atoms with Gasteiger partial charge in [0, 0.05) is 5.57 Å². The minimum absolute atomic E-state index is 0.161. The normalized spacial score (nSPS) is 8.92. The highest BCUT2D eigenvalue weighted by atomic mass is 16.6. The summed E-state index contributed by atoms with van der Waals surface area (Å²) < 4.78 is 4.21. The van der Waals surface area contributed by atoms with E-state index in [1.54, 1.807) is 6.92 Å². The molecular weight excluding hydrogens is 156 g/mol. The average Bonchev–Trinajstić information content (AvgIpc) is 2.07. The average molecular weight is 170 g/mol. The van der Waals surface area contributed by atoms with E-state index in [1.807, 2.05) is 13.8 Å². The third-order valence-electron chi connectivity index (χ3n) is 1.85. The van der Waals surface area contributed by atoms with Crippen molar-refractivity contribution < 1.29 is 14.3 Å². The molecule has 0 aromatic carbocycles. The fourth-order valence-corrected chi connectivity index (χ4v) is 1.06. The standard InChI is InChI=1S/C9H14O3/c1-4-8(5-2)7(3)9(11)12-6-10/h6H,4-5H2,1-3H3. The number of allylic oxidation sites excluding steroid dienone is 1. The van der Waals surface area contributed by atoms with Crippen molar-refractivity contribution in [1.82, 2.24) is 0 Å². The molecule has 0 saturated carbocycles. The molecule has 0 aromatic rings. The summed E-state index contributed by atoms with van der Waals surface area (Å²) in [5, 5.41) is 0. The molecule has 0 bridgehead atoms. The fraction of sp³-hybridized carbons (Fsp3) is 0.556. The van der Waals surface area contributed by atoms with E-state index in [4.69, 9.17) is 0 Å². The number of hydrogen-bond donors (Lipinski definition) is 0. The lowest BCUT2D eigenvalue weighted by molar-refractivity contribution is -0.148. The second-order valence-corrected chi connectivity index (χ2v) is 2.44. The summed E-state index contributed by atoms with van der Waals surface area (Å²) in [6.07, 6.45) is 1.63. The molecule has 0 unspecified atom stereocenters. The maximum absolute atomic E-state index is 11.0. The maximum atomic E-state index is 11.0. The summed E-state index contributed by atoms with van der Waals surface area (Å²) >= 11 is 0. The summed E-state index contributed by atoms with van der Waals surface area (Å²) in [5.74, 6) is -0.538. The smallest absolute Gasteiger partial charge is 0.341 e. The van der Waals surface area contributed by atoms with Crippen molar-refractivity contribution in [3.8, 4) is 0 Å². The van der Waals surface area contributed by atoms with Gasteiger partial charge in [-0.15, -0.1) is 0 Å². The lowest BCUT2D eigenvalue weighted by atomic mass is 10.1. The summed E-state index contributed by atoms with van der Waals surface area (Å²) in [4.78, 5) is 20.8. The molecule has 3 nitrogen and oxygen atoms in total. The van der Waals surface area contributed by atoms with E-state index in [2.05, 4.69) is 4.74 Å². The van der Waals surface area contributed by atoms with Gasteiger partial charge in [-0.1, -0.05) is 19.4 Å². The first kappa shape index (κ1) is 10.9. The van der Waals surface area contributed by atoms with Gasteiger partial charge in [0.15, 0.2) is 0 Å². The van der Waals surface area contributed by atoms with E-state index >= 15 is 0 Å². The van der Waals surface area contributed by atoms with Gasteiger partial charge in [-0.2, -0.15) is 0 Å².